The Bertz CT molecular complexity index is 333. The minimum Gasteiger partial charge on any atom is -0.381 e. The molecular formula is C11H19N5. The third-order valence-corrected chi connectivity index (χ3v) is 3.12. The summed E-state index contributed by atoms with van der Waals surface area (Å²) in [5.41, 5.74) is 5.71. The maximum atomic E-state index is 5.71. The highest BCUT2D eigenvalue weighted by atomic mass is 15.1. The molecule has 1 aliphatic rings. The van der Waals surface area contributed by atoms with Crippen molar-refractivity contribution in [3.05, 3.63) is 12.4 Å². The molecule has 2 rings (SSSR count). The first kappa shape index (κ1) is 11.1. The van der Waals surface area contributed by atoms with Crippen molar-refractivity contribution in [2.24, 2.45) is 5.92 Å². The van der Waals surface area contributed by atoms with Crippen molar-refractivity contribution >= 4 is 11.6 Å². The molecule has 0 unspecified atom stereocenters. The van der Waals surface area contributed by atoms with Crippen molar-refractivity contribution in [2.45, 2.75) is 12.8 Å². The highest BCUT2D eigenvalue weighted by Crippen LogP contribution is 2.17. The van der Waals surface area contributed by atoms with Gasteiger partial charge in [-0.2, -0.15) is 0 Å². The molecule has 1 aliphatic heterocycles. The standard InChI is InChI=1S/C11H19N5/c1-16-6-2-9(3-7-16)8-15-11-10(12)13-4-5-14-11/h4-5,9H,2-3,6-8H2,1H3,(H2,12,13)(H,14,15). The van der Waals surface area contributed by atoms with E-state index in [9.17, 15) is 0 Å². The molecule has 0 aliphatic carbocycles. The molecule has 0 amide bonds. The first-order chi connectivity index (χ1) is 7.75. The van der Waals surface area contributed by atoms with Gasteiger partial charge in [-0.1, -0.05) is 0 Å². The molecule has 1 fully saturated rings. The Labute approximate surface area is 96.1 Å². The van der Waals surface area contributed by atoms with Crippen molar-refractivity contribution in [1.82, 2.24) is 14.9 Å². The Morgan fingerprint density at radius 2 is 2.06 bits per heavy atom. The molecule has 1 aromatic heterocycles. The zero-order chi connectivity index (χ0) is 11.4. The molecule has 1 saturated heterocycles. The fourth-order valence-electron chi connectivity index (χ4n) is 1.99. The molecular weight excluding hydrogens is 202 g/mol. The summed E-state index contributed by atoms with van der Waals surface area (Å²) in [4.78, 5) is 10.5. The minimum absolute atomic E-state index is 0.482. The van der Waals surface area contributed by atoms with Gasteiger partial charge in [0.15, 0.2) is 11.6 Å². The highest BCUT2D eigenvalue weighted by molar-refractivity contribution is 5.54. The van der Waals surface area contributed by atoms with Crippen molar-refractivity contribution in [2.75, 3.05) is 37.7 Å². The van der Waals surface area contributed by atoms with Gasteiger partial charge in [0.2, 0.25) is 0 Å². The number of nitrogen functional groups attached to an aromatic ring is 1. The fraction of sp³-hybridized carbons (Fsp3) is 0.636. The van der Waals surface area contributed by atoms with Crippen LogP contribution < -0.4 is 11.1 Å². The van der Waals surface area contributed by atoms with Crippen LogP contribution in [0.15, 0.2) is 12.4 Å². The molecule has 0 atom stereocenters. The molecule has 5 nitrogen and oxygen atoms in total. The van der Waals surface area contributed by atoms with E-state index in [1.165, 1.54) is 25.9 Å². The number of nitrogens with one attached hydrogen (secondary N) is 1. The molecule has 0 radical (unpaired) electrons. The van der Waals surface area contributed by atoms with Crippen LogP contribution in [0.4, 0.5) is 11.6 Å². The van der Waals surface area contributed by atoms with Gasteiger partial charge >= 0.3 is 0 Å². The zero-order valence-corrected chi connectivity index (χ0v) is 9.69. The molecule has 5 heteroatoms. The van der Waals surface area contributed by atoms with Crippen LogP contribution in [-0.4, -0.2) is 41.5 Å². The number of likely N-dealkylation sites (tertiary alicyclic amines) is 1. The maximum Gasteiger partial charge on any atom is 0.168 e. The summed E-state index contributed by atoms with van der Waals surface area (Å²) in [7, 11) is 2.17. The summed E-state index contributed by atoms with van der Waals surface area (Å²) >= 11 is 0. The summed E-state index contributed by atoms with van der Waals surface area (Å²) in [5, 5.41) is 3.28. The second-order valence-corrected chi connectivity index (χ2v) is 4.42. The molecule has 0 bridgehead atoms. The van der Waals surface area contributed by atoms with E-state index in [4.69, 9.17) is 5.73 Å². The lowest BCUT2D eigenvalue weighted by molar-refractivity contribution is 0.226. The number of hydrogen-bond donors (Lipinski definition) is 2. The monoisotopic (exact) mass is 221 g/mol. The van der Waals surface area contributed by atoms with Crippen molar-refractivity contribution in [1.29, 1.82) is 0 Å². The van der Waals surface area contributed by atoms with E-state index < -0.39 is 0 Å². The van der Waals surface area contributed by atoms with Gasteiger partial charge < -0.3 is 16.0 Å². The van der Waals surface area contributed by atoms with E-state index in [-0.39, 0.29) is 0 Å². The fourth-order valence-corrected chi connectivity index (χ4v) is 1.99. The third-order valence-electron chi connectivity index (χ3n) is 3.12. The lowest BCUT2D eigenvalue weighted by Crippen LogP contribution is -2.33. The van der Waals surface area contributed by atoms with Crippen molar-refractivity contribution in [3.8, 4) is 0 Å². The Hall–Kier alpha value is -1.36. The van der Waals surface area contributed by atoms with E-state index >= 15 is 0 Å². The summed E-state index contributed by atoms with van der Waals surface area (Å²) < 4.78 is 0. The van der Waals surface area contributed by atoms with Crippen LogP contribution >= 0.6 is 0 Å². The molecule has 88 valence electrons. The molecule has 0 spiro atoms. The molecule has 1 aromatic rings. The Morgan fingerprint density at radius 3 is 2.75 bits per heavy atom. The molecule has 2 heterocycles. The van der Waals surface area contributed by atoms with Gasteiger partial charge in [0, 0.05) is 18.9 Å². The SMILES string of the molecule is CN1CCC(CNc2nccnc2N)CC1. The van der Waals surface area contributed by atoms with E-state index in [0.717, 1.165) is 12.5 Å². The summed E-state index contributed by atoms with van der Waals surface area (Å²) in [6.07, 6.45) is 5.75. The maximum absolute atomic E-state index is 5.71. The molecule has 3 N–H and O–H groups in total. The molecule has 0 aromatic carbocycles. The number of aromatic nitrogens is 2. The average Bonchev–Trinajstić information content (AvgIpc) is 2.30. The van der Waals surface area contributed by atoms with E-state index in [2.05, 4.69) is 27.2 Å². The lowest BCUT2D eigenvalue weighted by Gasteiger charge is -2.29. The molecule has 0 saturated carbocycles. The Balaban J connectivity index is 1.81. The summed E-state index contributed by atoms with van der Waals surface area (Å²) in [6, 6.07) is 0. The van der Waals surface area contributed by atoms with Gasteiger partial charge in [-0.3, -0.25) is 0 Å². The van der Waals surface area contributed by atoms with E-state index in [0.29, 0.717) is 11.6 Å². The smallest absolute Gasteiger partial charge is 0.168 e. The van der Waals surface area contributed by atoms with Gasteiger partial charge in [0.1, 0.15) is 0 Å². The van der Waals surface area contributed by atoms with Crippen LogP contribution in [0.25, 0.3) is 0 Å². The van der Waals surface area contributed by atoms with Crippen molar-refractivity contribution in [3.63, 3.8) is 0 Å². The average molecular weight is 221 g/mol. The topological polar surface area (TPSA) is 67.1 Å². The van der Waals surface area contributed by atoms with Gasteiger partial charge in [0.05, 0.1) is 0 Å². The highest BCUT2D eigenvalue weighted by Gasteiger charge is 2.16. The first-order valence-electron chi connectivity index (χ1n) is 5.74. The zero-order valence-electron chi connectivity index (χ0n) is 9.69. The minimum atomic E-state index is 0.482. The predicted octanol–water partition coefficient (Wildman–Crippen LogP) is 0.812. The molecule has 16 heavy (non-hydrogen) atoms. The first-order valence-corrected chi connectivity index (χ1v) is 5.74. The number of anilines is 2. The van der Waals surface area contributed by atoms with Gasteiger partial charge in [0.25, 0.3) is 0 Å². The second-order valence-electron chi connectivity index (χ2n) is 4.42. The Kier molecular flexibility index (Phi) is 3.56. The summed E-state index contributed by atoms with van der Waals surface area (Å²) in [5.74, 6) is 1.91. The number of piperidine rings is 1. The summed E-state index contributed by atoms with van der Waals surface area (Å²) in [6.45, 7) is 3.31. The van der Waals surface area contributed by atoms with Gasteiger partial charge in [-0.25, -0.2) is 9.97 Å². The van der Waals surface area contributed by atoms with Crippen LogP contribution in [0.5, 0.6) is 0 Å². The van der Waals surface area contributed by atoms with E-state index in [1.807, 2.05) is 0 Å². The van der Waals surface area contributed by atoms with Crippen LogP contribution in [0, 0.1) is 5.92 Å². The predicted molar refractivity (Wildman–Crippen MR) is 65.2 cm³/mol. The number of nitrogens with two attached hydrogens (primary N) is 1. The van der Waals surface area contributed by atoms with Crippen LogP contribution in [-0.2, 0) is 0 Å². The number of rotatable bonds is 3. The van der Waals surface area contributed by atoms with Gasteiger partial charge in [-0.05, 0) is 38.9 Å². The largest absolute Gasteiger partial charge is 0.381 e. The van der Waals surface area contributed by atoms with Crippen LogP contribution in [0.1, 0.15) is 12.8 Å². The third kappa shape index (κ3) is 2.82. The van der Waals surface area contributed by atoms with E-state index in [1.54, 1.807) is 12.4 Å². The quantitative estimate of drug-likeness (QED) is 0.790. The normalized spacial score (nSPS) is 18.6. The van der Waals surface area contributed by atoms with Crippen LogP contribution in [0.3, 0.4) is 0 Å². The number of hydrogen-bond acceptors (Lipinski definition) is 5. The number of nitrogens with zero attached hydrogens (tertiary/aromatic N) is 3. The lowest BCUT2D eigenvalue weighted by atomic mass is 9.97. The van der Waals surface area contributed by atoms with Crippen LogP contribution in [0.2, 0.25) is 0 Å². The Morgan fingerprint density at radius 1 is 1.38 bits per heavy atom. The van der Waals surface area contributed by atoms with Crippen molar-refractivity contribution < 1.29 is 0 Å². The van der Waals surface area contributed by atoms with Gasteiger partial charge in [-0.15, -0.1) is 0 Å². The second kappa shape index (κ2) is 5.12.